The van der Waals surface area contributed by atoms with Crippen molar-refractivity contribution in [2.24, 2.45) is 11.3 Å². The van der Waals surface area contributed by atoms with Gasteiger partial charge in [-0.05, 0) is 43.9 Å². The van der Waals surface area contributed by atoms with Gasteiger partial charge in [0.05, 0.1) is 18.3 Å². The smallest absolute Gasteiger partial charge is 0.358 e. The standard InChI is InChI=1S/C16H22N4O3/c21-14(10-7-16(8-10)5-6-16)17-11-3-1-2-4-13(11)20-9-12(15(22)23)18-19-20/h9-11,13H,1-8H2,(H,17,21)(H,22,23)/t11-,13+/m0/s1. The van der Waals surface area contributed by atoms with E-state index in [-0.39, 0.29) is 29.6 Å². The zero-order chi connectivity index (χ0) is 16.0. The molecule has 7 nitrogen and oxygen atoms in total. The Kier molecular flexibility index (Phi) is 3.39. The molecule has 1 aromatic heterocycles. The molecule has 0 bridgehead atoms. The van der Waals surface area contributed by atoms with Crippen molar-refractivity contribution in [2.75, 3.05) is 0 Å². The summed E-state index contributed by atoms with van der Waals surface area (Å²) in [6.07, 6.45) is 10.1. The third-order valence-electron chi connectivity index (χ3n) is 5.81. The molecule has 2 atom stereocenters. The second-order valence-corrected chi connectivity index (χ2v) is 7.46. The molecule has 0 saturated heterocycles. The third kappa shape index (κ3) is 2.72. The van der Waals surface area contributed by atoms with Crippen LogP contribution in [0.25, 0.3) is 0 Å². The second kappa shape index (κ2) is 5.32. The SMILES string of the molecule is O=C(O)c1cn([C@@H]2CCCC[C@@H]2NC(=O)C2CC3(CC3)C2)nn1. The van der Waals surface area contributed by atoms with Gasteiger partial charge < -0.3 is 10.4 Å². The number of aromatic carboxylic acids is 1. The summed E-state index contributed by atoms with van der Waals surface area (Å²) in [6, 6.07) is 0.0265. The minimum atomic E-state index is -1.07. The summed E-state index contributed by atoms with van der Waals surface area (Å²) in [6.45, 7) is 0. The van der Waals surface area contributed by atoms with Crippen molar-refractivity contribution in [3.63, 3.8) is 0 Å². The molecule has 4 rings (SSSR count). The first kappa shape index (κ1) is 14.7. The van der Waals surface area contributed by atoms with Crippen molar-refractivity contribution >= 4 is 11.9 Å². The number of hydrogen-bond acceptors (Lipinski definition) is 4. The van der Waals surface area contributed by atoms with Gasteiger partial charge in [-0.3, -0.25) is 4.79 Å². The van der Waals surface area contributed by atoms with E-state index in [1.54, 1.807) is 4.68 Å². The Morgan fingerprint density at radius 3 is 2.65 bits per heavy atom. The number of aromatic nitrogens is 3. The van der Waals surface area contributed by atoms with E-state index in [0.29, 0.717) is 5.41 Å². The van der Waals surface area contributed by atoms with Crippen LogP contribution in [0, 0.1) is 11.3 Å². The number of nitrogens with one attached hydrogen (secondary N) is 1. The van der Waals surface area contributed by atoms with Crippen LogP contribution in [0.1, 0.15) is 67.9 Å². The van der Waals surface area contributed by atoms with E-state index < -0.39 is 5.97 Å². The lowest BCUT2D eigenvalue weighted by molar-refractivity contribution is -0.131. The van der Waals surface area contributed by atoms with Gasteiger partial charge in [0, 0.05) is 5.92 Å². The molecule has 3 aliphatic carbocycles. The number of hydrogen-bond donors (Lipinski definition) is 2. The van der Waals surface area contributed by atoms with Gasteiger partial charge in [-0.25, -0.2) is 9.48 Å². The van der Waals surface area contributed by atoms with E-state index in [9.17, 15) is 9.59 Å². The molecule has 0 aromatic carbocycles. The van der Waals surface area contributed by atoms with Crippen LogP contribution in [0.3, 0.4) is 0 Å². The van der Waals surface area contributed by atoms with E-state index in [2.05, 4.69) is 15.6 Å². The highest BCUT2D eigenvalue weighted by molar-refractivity contribution is 5.84. The largest absolute Gasteiger partial charge is 0.476 e. The summed E-state index contributed by atoms with van der Waals surface area (Å²) in [5.74, 6) is -0.736. The van der Waals surface area contributed by atoms with Crippen molar-refractivity contribution < 1.29 is 14.7 Å². The molecule has 7 heteroatoms. The number of rotatable bonds is 4. The van der Waals surface area contributed by atoms with Gasteiger partial charge in [0.1, 0.15) is 0 Å². The Morgan fingerprint density at radius 2 is 2.00 bits per heavy atom. The second-order valence-electron chi connectivity index (χ2n) is 7.46. The average Bonchev–Trinajstić information content (AvgIpc) is 3.15. The Balaban J connectivity index is 1.42. The fraction of sp³-hybridized carbons (Fsp3) is 0.750. The molecular weight excluding hydrogens is 296 g/mol. The maximum absolute atomic E-state index is 12.4. The number of amides is 1. The van der Waals surface area contributed by atoms with Crippen LogP contribution in [0.2, 0.25) is 0 Å². The fourth-order valence-corrected chi connectivity index (χ4v) is 4.19. The van der Waals surface area contributed by atoms with Crippen molar-refractivity contribution in [3.05, 3.63) is 11.9 Å². The molecule has 0 radical (unpaired) electrons. The van der Waals surface area contributed by atoms with Gasteiger partial charge >= 0.3 is 5.97 Å². The first-order valence-electron chi connectivity index (χ1n) is 8.52. The van der Waals surface area contributed by atoms with Crippen molar-refractivity contribution in [3.8, 4) is 0 Å². The van der Waals surface area contributed by atoms with E-state index in [1.165, 1.54) is 19.0 Å². The molecule has 0 unspecified atom stereocenters. The maximum atomic E-state index is 12.4. The normalized spacial score (nSPS) is 29.0. The molecule has 1 heterocycles. The average molecular weight is 318 g/mol. The van der Waals surface area contributed by atoms with Crippen LogP contribution < -0.4 is 5.32 Å². The number of carboxylic acid groups (broad SMARTS) is 1. The molecule has 3 fully saturated rings. The first-order chi connectivity index (χ1) is 11.1. The molecule has 2 N–H and O–H groups in total. The number of carboxylic acids is 1. The lowest BCUT2D eigenvalue weighted by Crippen LogP contribution is -2.48. The quantitative estimate of drug-likeness (QED) is 0.882. The van der Waals surface area contributed by atoms with E-state index >= 15 is 0 Å². The molecule has 3 aliphatic rings. The van der Waals surface area contributed by atoms with Gasteiger partial charge in [-0.15, -0.1) is 5.10 Å². The topological polar surface area (TPSA) is 97.1 Å². The Bertz CT molecular complexity index is 629. The molecule has 0 aliphatic heterocycles. The van der Waals surface area contributed by atoms with Crippen molar-refractivity contribution in [1.82, 2.24) is 20.3 Å². The first-order valence-corrected chi connectivity index (χ1v) is 8.52. The van der Waals surface area contributed by atoms with Gasteiger partial charge in [0.25, 0.3) is 0 Å². The van der Waals surface area contributed by atoms with Crippen LogP contribution in [0.4, 0.5) is 0 Å². The Hall–Kier alpha value is -1.92. The van der Waals surface area contributed by atoms with Crippen molar-refractivity contribution in [1.29, 1.82) is 0 Å². The van der Waals surface area contributed by atoms with Gasteiger partial charge in [0.15, 0.2) is 5.69 Å². The van der Waals surface area contributed by atoms with Crippen LogP contribution >= 0.6 is 0 Å². The molecule has 1 amide bonds. The van der Waals surface area contributed by atoms with Crippen LogP contribution in [0.5, 0.6) is 0 Å². The Labute approximate surface area is 134 Å². The minimum Gasteiger partial charge on any atom is -0.476 e. The van der Waals surface area contributed by atoms with Crippen LogP contribution in [-0.2, 0) is 4.79 Å². The monoisotopic (exact) mass is 318 g/mol. The van der Waals surface area contributed by atoms with Crippen LogP contribution in [0.15, 0.2) is 6.20 Å². The molecule has 23 heavy (non-hydrogen) atoms. The molecule has 3 saturated carbocycles. The Morgan fingerprint density at radius 1 is 1.26 bits per heavy atom. The zero-order valence-corrected chi connectivity index (χ0v) is 13.1. The highest BCUT2D eigenvalue weighted by atomic mass is 16.4. The minimum absolute atomic E-state index is 0.00302. The summed E-state index contributed by atoms with van der Waals surface area (Å²) in [4.78, 5) is 23.4. The summed E-state index contributed by atoms with van der Waals surface area (Å²) in [5.41, 5.74) is 0.478. The highest BCUT2D eigenvalue weighted by Gasteiger charge is 2.55. The van der Waals surface area contributed by atoms with Gasteiger partial charge in [-0.1, -0.05) is 18.1 Å². The van der Waals surface area contributed by atoms with Crippen LogP contribution in [-0.4, -0.2) is 38.0 Å². The molecule has 1 aromatic rings. The lowest BCUT2D eigenvalue weighted by atomic mass is 9.71. The zero-order valence-electron chi connectivity index (χ0n) is 13.1. The summed E-state index contributed by atoms with van der Waals surface area (Å²) < 4.78 is 1.62. The number of carbonyl (C=O) groups is 2. The predicted molar refractivity (Wildman–Crippen MR) is 80.8 cm³/mol. The fourth-order valence-electron chi connectivity index (χ4n) is 4.19. The molecule has 1 spiro atoms. The maximum Gasteiger partial charge on any atom is 0.358 e. The number of nitrogens with zero attached hydrogens (tertiary/aromatic N) is 3. The van der Waals surface area contributed by atoms with Gasteiger partial charge in [0.2, 0.25) is 5.91 Å². The highest BCUT2D eigenvalue weighted by Crippen LogP contribution is 2.63. The summed E-state index contributed by atoms with van der Waals surface area (Å²) >= 11 is 0. The van der Waals surface area contributed by atoms with Gasteiger partial charge in [-0.2, -0.15) is 0 Å². The van der Waals surface area contributed by atoms with E-state index in [4.69, 9.17) is 5.11 Å². The predicted octanol–water partition coefficient (Wildman–Crippen LogP) is 1.77. The van der Waals surface area contributed by atoms with Crippen molar-refractivity contribution in [2.45, 2.75) is 63.5 Å². The van der Waals surface area contributed by atoms with E-state index in [1.807, 2.05) is 0 Å². The number of carbonyl (C=O) groups excluding carboxylic acids is 1. The molecule has 124 valence electrons. The molecular formula is C16H22N4O3. The lowest BCUT2D eigenvalue weighted by Gasteiger charge is -2.38. The van der Waals surface area contributed by atoms with E-state index in [0.717, 1.165) is 38.5 Å². The summed E-state index contributed by atoms with van der Waals surface area (Å²) in [7, 11) is 0. The summed E-state index contributed by atoms with van der Waals surface area (Å²) in [5, 5.41) is 19.8. The third-order valence-corrected chi connectivity index (χ3v) is 5.81.